The fourth-order valence-electron chi connectivity index (χ4n) is 2.46. The second-order valence-corrected chi connectivity index (χ2v) is 4.95. The van der Waals surface area contributed by atoms with Crippen molar-refractivity contribution in [2.75, 3.05) is 0 Å². The van der Waals surface area contributed by atoms with E-state index in [1.165, 1.54) is 24.7 Å². The van der Waals surface area contributed by atoms with Crippen molar-refractivity contribution in [3.05, 3.63) is 53.3 Å². The number of aliphatic hydroxyl groups is 1. The average molecular weight is 309 g/mol. The number of alkyl halides is 3. The Bertz CT molecular complexity index is 764. The van der Waals surface area contributed by atoms with Crippen LogP contribution in [0.5, 0.6) is 0 Å². The van der Waals surface area contributed by atoms with Crippen molar-refractivity contribution >= 4 is 17.1 Å². The molecule has 3 rings (SSSR count). The minimum absolute atomic E-state index is 0.251. The van der Waals surface area contributed by atoms with Crippen LogP contribution in [0.15, 0.2) is 57.2 Å². The zero-order valence-corrected chi connectivity index (χ0v) is 11.3. The highest BCUT2D eigenvalue weighted by Gasteiger charge is 2.45. The summed E-state index contributed by atoms with van der Waals surface area (Å²) in [6.07, 6.45) is 0.375. The van der Waals surface area contributed by atoms with Crippen LogP contribution in [-0.4, -0.2) is 22.8 Å². The minimum Gasteiger partial charge on any atom is -0.509 e. The Balaban J connectivity index is 2.17. The van der Waals surface area contributed by atoms with Crippen LogP contribution in [0.2, 0.25) is 0 Å². The molecule has 1 aliphatic heterocycles. The summed E-state index contributed by atoms with van der Waals surface area (Å²) in [4.78, 5) is 15.1. The second kappa shape index (κ2) is 4.72. The number of ketones is 1. The number of rotatable bonds is 2. The predicted molar refractivity (Wildman–Crippen MR) is 72.1 cm³/mol. The van der Waals surface area contributed by atoms with Crippen LogP contribution in [0.25, 0.3) is 5.57 Å². The summed E-state index contributed by atoms with van der Waals surface area (Å²) in [6, 6.07) is 1.51. The lowest BCUT2D eigenvalue weighted by Gasteiger charge is -2.21. The summed E-state index contributed by atoms with van der Waals surface area (Å²) in [7, 11) is 0. The van der Waals surface area contributed by atoms with Crippen LogP contribution in [0, 0.1) is 5.92 Å². The number of halogens is 3. The molecular weight excluding hydrogens is 299 g/mol. The van der Waals surface area contributed by atoms with E-state index < -0.39 is 29.2 Å². The third-order valence-corrected chi connectivity index (χ3v) is 3.48. The van der Waals surface area contributed by atoms with Crippen molar-refractivity contribution in [1.29, 1.82) is 0 Å². The van der Waals surface area contributed by atoms with E-state index in [0.717, 1.165) is 13.0 Å². The van der Waals surface area contributed by atoms with Gasteiger partial charge in [-0.3, -0.25) is 4.79 Å². The van der Waals surface area contributed by atoms with Gasteiger partial charge < -0.3 is 9.52 Å². The topological polar surface area (TPSA) is 62.8 Å². The molecule has 4 nitrogen and oxygen atoms in total. The first-order valence-corrected chi connectivity index (χ1v) is 6.35. The van der Waals surface area contributed by atoms with Crippen molar-refractivity contribution in [2.45, 2.75) is 13.1 Å². The standard InChI is InChI=1S/C15H10F3NO3/c1-7(20)12-14(21)10-4-9(8-2-3-22-6-8)5-11(13(10)19-12)15(16,17)18/h2-6,10,21H,1H3. The van der Waals surface area contributed by atoms with Crippen LogP contribution < -0.4 is 0 Å². The molecule has 1 aromatic rings. The maximum absolute atomic E-state index is 13.3. The normalized spacial score (nSPS) is 21.3. The largest absolute Gasteiger partial charge is 0.509 e. The Morgan fingerprint density at radius 3 is 2.68 bits per heavy atom. The van der Waals surface area contributed by atoms with Gasteiger partial charge in [-0.15, -0.1) is 0 Å². The van der Waals surface area contributed by atoms with Crippen LogP contribution in [0.1, 0.15) is 12.5 Å². The minimum atomic E-state index is -4.65. The number of carbonyl (C=O) groups excluding carboxylic acids is 1. The molecule has 0 aromatic carbocycles. The molecule has 1 aliphatic carbocycles. The van der Waals surface area contributed by atoms with Gasteiger partial charge in [-0.25, -0.2) is 4.99 Å². The number of hydrogen-bond donors (Lipinski definition) is 1. The first-order chi connectivity index (χ1) is 10.3. The van der Waals surface area contributed by atoms with Gasteiger partial charge in [0.1, 0.15) is 11.5 Å². The number of aliphatic imine (C=N–C) groups is 1. The molecule has 2 aliphatic rings. The van der Waals surface area contributed by atoms with Gasteiger partial charge in [0.05, 0.1) is 29.7 Å². The molecule has 114 valence electrons. The van der Waals surface area contributed by atoms with Gasteiger partial charge in [-0.2, -0.15) is 13.2 Å². The highest BCUT2D eigenvalue weighted by Crippen LogP contribution is 2.41. The number of aliphatic hydroxyl groups excluding tert-OH is 1. The molecule has 1 N–H and O–H groups in total. The summed E-state index contributed by atoms with van der Waals surface area (Å²) in [5.74, 6) is -2.12. The van der Waals surface area contributed by atoms with Crippen molar-refractivity contribution in [2.24, 2.45) is 10.9 Å². The molecule has 0 amide bonds. The lowest BCUT2D eigenvalue weighted by Crippen LogP contribution is -2.27. The first-order valence-electron chi connectivity index (χ1n) is 6.35. The number of carbonyl (C=O) groups is 1. The van der Waals surface area contributed by atoms with E-state index in [0.29, 0.717) is 5.56 Å². The highest BCUT2D eigenvalue weighted by molar-refractivity contribution is 6.15. The van der Waals surface area contributed by atoms with Gasteiger partial charge in [0.25, 0.3) is 0 Å². The number of furan rings is 1. The summed E-state index contributed by atoms with van der Waals surface area (Å²) >= 11 is 0. The molecular formula is C15H10F3NO3. The van der Waals surface area contributed by atoms with Gasteiger partial charge >= 0.3 is 6.18 Å². The van der Waals surface area contributed by atoms with Crippen molar-refractivity contribution < 1.29 is 27.5 Å². The quantitative estimate of drug-likeness (QED) is 0.908. The molecule has 0 saturated heterocycles. The molecule has 1 atom stereocenters. The third kappa shape index (κ3) is 2.18. The highest BCUT2D eigenvalue weighted by atomic mass is 19.4. The van der Waals surface area contributed by atoms with E-state index in [1.807, 2.05) is 0 Å². The van der Waals surface area contributed by atoms with Crippen LogP contribution in [-0.2, 0) is 4.79 Å². The van der Waals surface area contributed by atoms with Crippen molar-refractivity contribution in [1.82, 2.24) is 0 Å². The SMILES string of the molecule is CC(=O)C1=C(O)C2C=C(c3ccoc3)C=C(C(F)(F)F)C2=N1. The Morgan fingerprint density at radius 2 is 2.14 bits per heavy atom. The zero-order valence-electron chi connectivity index (χ0n) is 11.3. The number of hydrogen-bond acceptors (Lipinski definition) is 4. The average Bonchev–Trinajstić information content (AvgIpc) is 3.05. The van der Waals surface area contributed by atoms with Crippen LogP contribution in [0.3, 0.4) is 0 Å². The van der Waals surface area contributed by atoms with E-state index in [-0.39, 0.29) is 17.0 Å². The lowest BCUT2D eigenvalue weighted by molar-refractivity contribution is -0.113. The monoisotopic (exact) mass is 309 g/mol. The number of Topliss-reactive ketones (excluding diaryl/α,β-unsaturated/α-hetero) is 1. The summed E-state index contributed by atoms with van der Waals surface area (Å²) in [5, 5.41) is 10.0. The number of allylic oxidation sites excluding steroid dienone is 5. The zero-order chi connectivity index (χ0) is 16.1. The Labute approximate surface area is 123 Å². The van der Waals surface area contributed by atoms with E-state index in [4.69, 9.17) is 4.42 Å². The Hall–Kier alpha value is -2.57. The molecule has 0 fully saturated rings. The predicted octanol–water partition coefficient (Wildman–Crippen LogP) is 3.59. The molecule has 7 heteroatoms. The van der Waals surface area contributed by atoms with Gasteiger partial charge in [0, 0.05) is 12.5 Å². The van der Waals surface area contributed by atoms with E-state index in [2.05, 4.69) is 4.99 Å². The fraction of sp³-hybridized carbons (Fsp3) is 0.200. The van der Waals surface area contributed by atoms with E-state index >= 15 is 0 Å². The number of nitrogens with zero attached hydrogens (tertiary/aromatic N) is 1. The molecule has 0 spiro atoms. The first kappa shape index (κ1) is 14.4. The van der Waals surface area contributed by atoms with Gasteiger partial charge in [0.15, 0.2) is 5.78 Å². The molecule has 22 heavy (non-hydrogen) atoms. The molecule has 0 bridgehead atoms. The molecule has 0 radical (unpaired) electrons. The van der Waals surface area contributed by atoms with Crippen molar-refractivity contribution in [3.8, 4) is 0 Å². The van der Waals surface area contributed by atoms with Gasteiger partial charge in [-0.1, -0.05) is 6.08 Å². The molecule has 0 saturated carbocycles. The second-order valence-electron chi connectivity index (χ2n) is 4.95. The Kier molecular flexibility index (Phi) is 3.09. The fourth-order valence-corrected chi connectivity index (χ4v) is 2.46. The maximum Gasteiger partial charge on any atom is 0.418 e. The molecule has 1 aromatic heterocycles. The van der Waals surface area contributed by atoms with Crippen LogP contribution >= 0.6 is 0 Å². The molecule has 2 heterocycles. The van der Waals surface area contributed by atoms with Gasteiger partial charge in [-0.05, 0) is 17.7 Å². The third-order valence-electron chi connectivity index (χ3n) is 3.48. The van der Waals surface area contributed by atoms with Crippen molar-refractivity contribution in [3.63, 3.8) is 0 Å². The summed E-state index contributed by atoms with van der Waals surface area (Å²) in [6.45, 7) is 1.14. The van der Waals surface area contributed by atoms with Gasteiger partial charge in [0.2, 0.25) is 0 Å². The molecule has 1 unspecified atom stereocenters. The Morgan fingerprint density at radius 1 is 1.41 bits per heavy atom. The van der Waals surface area contributed by atoms with E-state index in [1.54, 1.807) is 0 Å². The lowest BCUT2D eigenvalue weighted by atomic mass is 9.86. The van der Waals surface area contributed by atoms with E-state index in [9.17, 15) is 23.1 Å². The summed E-state index contributed by atoms with van der Waals surface area (Å²) < 4.78 is 44.7. The maximum atomic E-state index is 13.3. The smallest absolute Gasteiger partial charge is 0.418 e. The summed E-state index contributed by atoms with van der Waals surface area (Å²) in [5.41, 5.74) is -0.965. The number of fused-ring (bicyclic) bond motifs is 1. The van der Waals surface area contributed by atoms with Crippen LogP contribution in [0.4, 0.5) is 13.2 Å².